The van der Waals surface area contributed by atoms with Gasteiger partial charge in [-0.05, 0) is 50.2 Å². The van der Waals surface area contributed by atoms with Crippen molar-refractivity contribution in [3.63, 3.8) is 0 Å². The third-order valence-electron chi connectivity index (χ3n) is 4.83. The van der Waals surface area contributed by atoms with E-state index >= 15 is 0 Å². The summed E-state index contributed by atoms with van der Waals surface area (Å²) in [5.41, 5.74) is 4.35. The smallest absolute Gasteiger partial charge is 0.255 e. The van der Waals surface area contributed by atoms with E-state index in [2.05, 4.69) is 28.4 Å². The molecular formula is C22H22N4O2. The van der Waals surface area contributed by atoms with Gasteiger partial charge in [-0.2, -0.15) is 5.26 Å². The Bertz CT molecular complexity index is 988. The van der Waals surface area contributed by atoms with Gasteiger partial charge in [0, 0.05) is 18.2 Å². The second-order valence-electron chi connectivity index (χ2n) is 6.78. The van der Waals surface area contributed by atoms with Crippen molar-refractivity contribution in [3.8, 4) is 6.07 Å². The summed E-state index contributed by atoms with van der Waals surface area (Å²) in [6.45, 7) is 4.63. The molecule has 1 N–H and O–H groups in total. The average Bonchev–Trinajstić information content (AvgIpc) is 3.23. The number of anilines is 1. The first kappa shape index (κ1) is 19.3. The van der Waals surface area contributed by atoms with Crippen LogP contribution in [0.1, 0.15) is 45.7 Å². The zero-order chi connectivity index (χ0) is 20.1. The van der Waals surface area contributed by atoms with Crippen LogP contribution >= 0.6 is 0 Å². The van der Waals surface area contributed by atoms with Crippen molar-refractivity contribution >= 4 is 11.6 Å². The number of amides is 1. The topological polar surface area (TPSA) is 82.2 Å². The van der Waals surface area contributed by atoms with Crippen molar-refractivity contribution in [2.24, 2.45) is 0 Å². The Labute approximate surface area is 164 Å². The predicted octanol–water partition coefficient (Wildman–Crippen LogP) is 4.30. The number of carbonyl (C=O) groups excluding carboxylic acids is 1. The van der Waals surface area contributed by atoms with Crippen LogP contribution in [0.25, 0.3) is 0 Å². The van der Waals surface area contributed by atoms with Crippen molar-refractivity contribution in [1.29, 1.82) is 5.26 Å². The van der Waals surface area contributed by atoms with E-state index < -0.39 is 0 Å². The quantitative estimate of drug-likeness (QED) is 0.695. The number of benzene rings is 2. The molecule has 2 aromatic carbocycles. The number of aryl methyl sites for hydroxylation is 1. The zero-order valence-electron chi connectivity index (χ0n) is 16.1. The molecule has 0 radical (unpaired) electrons. The van der Waals surface area contributed by atoms with E-state index in [1.807, 2.05) is 44.3 Å². The second kappa shape index (κ2) is 8.51. The fraction of sp³-hybridized carbons (Fsp3) is 0.227. The molecule has 1 unspecified atom stereocenters. The Kier molecular flexibility index (Phi) is 5.87. The van der Waals surface area contributed by atoms with Crippen LogP contribution in [0.3, 0.4) is 0 Å². The molecule has 0 aliphatic heterocycles. The van der Waals surface area contributed by atoms with Crippen LogP contribution in [0, 0.1) is 18.3 Å². The molecule has 1 atom stereocenters. The molecule has 28 heavy (non-hydrogen) atoms. The van der Waals surface area contributed by atoms with E-state index in [0.717, 1.165) is 16.8 Å². The molecule has 142 valence electrons. The molecule has 3 rings (SSSR count). The lowest BCUT2D eigenvalue weighted by atomic mass is 10.1. The largest absolute Gasteiger partial charge is 0.364 e. The molecule has 0 saturated heterocycles. The maximum absolute atomic E-state index is 12.5. The van der Waals surface area contributed by atoms with Gasteiger partial charge in [-0.15, -0.1) is 0 Å². The van der Waals surface area contributed by atoms with Crippen LogP contribution < -0.4 is 5.32 Å². The van der Waals surface area contributed by atoms with Crippen molar-refractivity contribution < 1.29 is 9.32 Å². The molecule has 0 fully saturated rings. The van der Waals surface area contributed by atoms with Crippen LogP contribution in [-0.4, -0.2) is 23.0 Å². The fourth-order valence-electron chi connectivity index (χ4n) is 2.96. The van der Waals surface area contributed by atoms with Gasteiger partial charge in [-0.25, -0.2) is 0 Å². The standard InChI is InChI=1S/C22H22N4O2/c1-15-5-4-6-21(19(15)13-23)24-22(27)18-9-7-17(8-10-18)14-26(3)16(2)20-11-12-28-25-20/h4-12,16H,14H2,1-3H3,(H,24,27). The van der Waals surface area contributed by atoms with Crippen LogP contribution in [0.4, 0.5) is 5.69 Å². The van der Waals surface area contributed by atoms with Gasteiger partial charge >= 0.3 is 0 Å². The summed E-state index contributed by atoms with van der Waals surface area (Å²) in [5.74, 6) is -0.238. The SMILES string of the molecule is Cc1cccc(NC(=O)c2ccc(CN(C)C(C)c3ccon3)cc2)c1C#N. The first-order valence-electron chi connectivity index (χ1n) is 9.00. The number of rotatable bonds is 6. The molecule has 1 aromatic heterocycles. The molecule has 0 bridgehead atoms. The van der Waals surface area contributed by atoms with E-state index in [1.165, 1.54) is 0 Å². The number of hydrogen-bond acceptors (Lipinski definition) is 5. The van der Waals surface area contributed by atoms with Crippen molar-refractivity contribution in [1.82, 2.24) is 10.1 Å². The number of nitrogens with zero attached hydrogens (tertiary/aromatic N) is 3. The van der Waals surface area contributed by atoms with Gasteiger partial charge < -0.3 is 9.84 Å². The molecule has 0 aliphatic carbocycles. The van der Waals surface area contributed by atoms with Crippen molar-refractivity contribution in [3.05, 3.63) is 82.7 Å². The normalized spacial score (nSPS) is 11.8. The van der Waals surface area contributed by atoms with Crippen LogP contribution in [0.15, 0.2) is 59.3 Å². The summed E-state index contributed by atoms with van der Waals surface area (Å²) < 4.78 is 4.91. The fourth-order valence-corrected chi connectivity index (χ4v) is 2.96. The second-order valence-corrected chi connectivity index (χ2v) is 6.78. The molecule has 1 amide bonds. The van der Waals surface area contributed by atoms with Crippen molar-refractivity contribution in [2.75, 3.05) is 12.4 Å². The van der Waals surface area contributed by atoms with Gasteiger partial charge in [-0.3, -0.25) is 9.69 Å². The number of aromatic nitrogens is 1. The summed E-state index contributed by atoms with van der Waals surface area (Å²) in [5, 5.41) is 16.1. The zero-order valence-corrected chi connectivity index (χ0v) is 16.1. The third kappa shape index (κ3) is 4.27. The molecule has 6 nitrogen and oxygen atoms in total. The maximum atomic E-state index is 12.5. The summed E-state index contributed by atoms with van der Waals surface area (Å²) in [6, 6.07) is 17.0. The minimum absolute atomic E-state index is 0.118. The molecule has 6 heteroatoms. The van der Waals surface area contributed by atoms with E-state index in [0.29, 0.717) is 23.4 Å². The summed E-state index contributed by atoms with van der Waals surface area (Å²) >= 11 is 0. The van der Waals surface area contributed by atoms with E-state index in [9.17, 15) is 10.1 Å². The summed E-state index contributed by atoms with van der Waals surface area (Å²) in [6.07, 6.45) is 1.57. The Hall–Kier alpha value is -3.43. The maximum Gasteiger partial charge on any atom is 0.255 e. The van der Waals surface area contributed by atoms with E-state index in [4.69, 9.17) is 4.52 Å². The lowest BCUT2D eigenvalue weighted by Gasteiger charge is -2.22. The first-order chi connectivity index (χ1) is 13.5. The third-order valence-corrected chi connectivity index (χ3v) is 4.83. The molecule has 0 spiro atoms. The Morgan fingerprint density at radius 2 is 2.00 bits per heavy atom. The highest BCUT2D eigenvalue weighted by Gasteiger charge is 2.15. The highest BCUT2D eigenvalue weighted by Crippen LogP contribution is 2.21. The molecule has 0 aliphatic rings. The number of carbonyl (C=O) groups is 1. The predicted molar refractivity (Wildman–Crippen MR) is 107 cm³/mol. The highest BCUT2D eigenvalue weighted by molar-refractivity contribution is 6.05. The molecule has 3 aromatic rings. The number of nitrogens with one attached hydrogen (secondary N) is 1. The van der Waals surface area contributed by atoms with Gasteiger partial charge in [0.15, 0.2) is 0 Å². The summed E-state index contributed by atoms with van der Waals surface area (Å²) in [7, 11) is 2.02. The minimum atomic E-state index is -0.238. The highest BCUT2D eigenvalue weighted by atomic mass is 16.5. The lowest BCUT2D eigenvalue weighted by molar-refractivity contribution is 0.102. The number of nitriles is 1. The van der Waals surface area contributed by atoms with Gasteiger partial charge in [0.2, 0.25) is 0 Å². The monoisotopic (exact) mass is 374 g/mol. The Morgan fingerprint density at radius 3 is 2.64 bits per heavy atom. The van der Waals surface area contributed by atoms with Crippen LogP contribution in [-0.2, 0) is 6.54 Å². The Balaban J connectivity index is 1.66. The van der Waals surface area contributed by atoms with Gasteiger partial charge in [-0.1, -0.05) is 29.4 Å². The van der Waals surface area contributed by atoms with Crippen LogP contribution in [0.5, 0.6) is 0 Å². The van der Waals surface area contributed by atoms with Gasteiger partial charge in [0.1, 0.15) is 18.0 Å². The van der Waals surface area contributed by atoms with Crippen LogP contribution in [0.2, 0.25) is 0 Å². The lowest BCUT2D eigenvalue weighted by Crippen LogP contribution is -2.22. The Morgan fingerprint density at radius 1 is 1.25 bits per heavy atom. The summed E-state index contributed by atoms with van der Waals surface area (Å²) in [4.78, 5) is 14.7. The van der Waals surface area contributed by atoms with E-state index in [1.54, 1.807) is 24.5 Å². The molecular weight excluding hydrogens is 352 g/mol. The van der Waals surface area contributed by atoms with Crippen molar-refractivity contribution in [2.45, 2.75) is 26.4 Å². The average molecular weight is 374 g/mol. The van der Waals surface area contributed by atoms with Gasteiger partial charge in [0.05, 0.1) is 17.3 Å². The molecule has 1 heterocycles. The van der Waals surface area contributed by atoms with E-state index in [-0.39, 0.29) is 11.9 Å². The van der Waals surface area contributed by atoms with Gasteiger partial charge in [0.25, 0.3) is 5.91 Å². The molecule has 0 saturated carbocycles. The number of hydrogen-bond donors (Lipinski definition) is 1. The minimum Gasteiger partial charge on any atom is -0.364 e. The first-order valence-corrected chi connectivity index (χ1v) is 9.00.